The maximum Gasteiger partial charge on any atom is 0.272 e. The van der Waals surface area contributed by atoms with Gasteiger partial charge in [-0.1, -0.05) is 13.8 Å². The molecule has 16 heavy (non-hydrogen) atoms. The summed E-state index contributed by atoms with van der Waals surface area (Å²) in [6.07, 6.45) is -2.50. The predicted molar refractivity (Wildman–Crippen MR) is 59.4 cm³/mol. The van der Waals surface area contributed by atoms with Crippen LogP contribution in [0.2, 0.25) is 0 Å². The highest BCUT2D eigenvalue weighted by atomic mass is 35.5. The van der Waals surface area contributed by atoms with Gasteiger partial charge in [0.2, 0.25) is 5.88 Å². The highest BCUT2D eigenvalue weighted by Gasteiger charge is 2.09. The number of rotatable bonds is 5. The molecule has 1 aromatic heterocycles. The monoisotopic (exact) mass is 249 g/mol. The third kappa shape index (κ3) is 3.93. The quantitative estimate of drug-likeness (QED) is 0.744. The zero-order valence-electron chi connectivity index (χ0n) is 9.21. The molecule has 2 nitrogen and oxygen atoms in total. The smallest absolute Gasteiger partial charge is 0.272 e. The molecular formula is C11H14ClF2NO. The molecule has 0 aromatic carbocycles. The van der Waals surface area contributed by atoms with Crippen molar-refractivity contribution in [3.05, 3.63) is 23.4 Å². The maximum absolute atomic E-state index is 12.0. The second-order valence-corrected chi connectivity index (χ2v) is 4.00. The van der Waals surface area contributed by atoms with Gasteiger partial charge in [-0.25, -0.2) is 13.8 Å². The molecule has 0 N–H and O–H groups in total. The van der Waals surface area contributed by atoms with Crippen LogP contribution in [0, 0.1) is 0 Å². The molecular weight excluding hydrogens is 236 g/mol. The molecule has 0 fully saturated rings. The van der Waals surface area contributed by atoms with E-state index in [2.05, 4.69) is 4.98 Å². The number of hydrogen-bond donors (Lipinski definition) is 0. The standard InChI is InChI=1S/C11H14ClF2NO/c1-7(2)9-3-8(5-12)4-11(15-9)16-6-10(13)14/h3-4,7,10H,5-6H2,1-2H3. The Morgan fingerprint density at radius 3 is 2.56 bits per heavy atom. The molecule has 5 heteroatoms. The van der Waals surface area contributed by atoms with E-state index < -0.39 is 13.0 Å². The van der Waals surface area contributed by atoms with Gasteiger partial charge < -0.3 is 4.74 Å². The highest BCUT2D eigenvalue weighted by Crippen LogP contribution is 2.20. The molecule has 1 heterocycles. The van der Waals surface area contributed by atoms with Gasteiger partial charge in [0.25, 0.3) is 6.43 Å². The summed E-state index contributed by atoms with van der Waals surface area (Å²) in [7, 11) is 0. The zero-order chi connectivity index (χ0) is 12.1. The average Bonchev–Trinajstić information content (AvgIpc) is 2.25. The Labute approximate surface area is 98.6 Å². The summed E-state index contributed by atoms with van der Waals surface area (Å²) in [6.45, 7) is 3.30. The lowest BCUT2D eigenvalue weighted by molar-refractivity contribution is 0.0794. The van der Waals surface area contributed by atoms with Crippen molar-refractivity contribution < 1.29 is 13.5 Å². The molecule has 0 aliphatic rings. The van der Waals surface area contributed by atoms with Crippen LogP contribution in [-0.2, 0) is 5.88 Å². The fraction of sp³-hybridized carbons (Fsp3) is 0.545. The molecule has 0 bridgehead atoms. The van der Waals surface area contributed by atoms with E-state index in [9.17, 15) is 8.78 Å². The third-order valence-electron chi connectivity index (χ3n) is 1.98. The molecule has 90 valence electrons. The fourth-order valence-electron chi connectivity index (χ4n) is 1.18. The average molecular weight is 250 g/mol. The molecule has 0 unspecified atom stereocenters. The minimum absolute atomic E-state index is 0.206. The van der Waals surface area contributed by atoms with Crippen molar-refractivity contribution in [2.24, 2.45) is 0 Å². The van der Waals surface area contributed by atoms with Gasteiger partial charge in [-0.2, -0.15) is 0 Å². The van der Waals surface area contributed by atoms with Gasteiger partial charge in [-0.15, -0.1) is 11.6 Å². The van der Waals surface area contributed by atoms with E-state index in [4.69, 9.17) is 16.3 Å². The molecule has 0 amide bonds. The first-order chi connectivity index (χ1) is 7.52. The van der Waals surface area contributed by atoms with E-state index in [1.54, 1.807) is 6.07 Å². The number of pyridine rings is 1. The van der Waals surface area contributed by atoms with Crippen LogP contribution in [0.25, 0.3) is 0 Å². The largest absolute Gasteiger partial charge is 0.472 e. The molecule has 0 atom stereocenters. The number of ether oxygens (including phenoxy) is 1. The fourth-order valence-corrected chi connectivity index (χ4v) is 1.33. The number of nitrogens with zero attached hydrogens (tertiary/aromatic N) is 1. The van der Waals surface area contributed by atoms with Crippen LogP contribution in [0.1, 0.15) is 31.0 Å². The van der Waals surface area contributed by atoms with Gasteiger partial charge in [0.1, 0.15) is 0 Å². The SMILES string of the molecule is CC(C)c1cc(CCl)cc(OCC(F)F)n1. The first kappa shape index (κ1) is 13.2. The van der Waals surface area contributed by atoms with Crippen molar-refractivity contribution in [1.82, 2.24) is 4.98 Å². The molecule has 0 saturated carbocycles. The number of alkyl halides is 3. The molecule has 0 saturated heterocycles. The molecule has 1 aromatic rings. The molecule has 0 spiro atoms. The number of hydrogen-bond acceptors (Lipinski definition) is 2. The van der Waals surface area contributed by atoms with Gasteiger partial charge in [-0.3, -0.25) is 0 Å². The Bertz CT molecular complexity index is 345. The maximum atomic E-state index is 12.0. The van der Waals surface area contributed by atoms with Crippen molar-refractivity contribution in [1.29, 1.82) is 0 Å². The van der Waals surface area contributed by atoms with E-state index in [1.807, 2.05) is 19.9 Å². The van der Waals surface area contributed by atoms with Gasteiger partial charge in [0, 0.05) is 17.6 Å². The van der Waals surface area contributed by atoms with Crippen molar-refractivity contribution in [3.63, 3.8) is 0 Å². The van der Waals surface area contributed by atoms with Crippen molar-refractivity contribution in [3.8, 4) is 5.88 Å². The van der Waals surface area contributed by atoms with Crippen molar-refractivity contribution in [2.75, 3.05) is 6.61 Å². The minimum Gasteiger partial charge on any atom is -0.472 e. The van der Waals surface area contributed by atoms with Crippen LogP contribution in [-0.4, -0.2) is 18.0 Å². The van der Waals surface area contributed by atoms with Gasteiger partial charge >= 0.3 is 0 Å². The first-order valence-electron chi connectivity index (χ1n) is 5.00. The summed E-state index contributed by atoms with van der Waals surface area (Å²) in [6, 6.07) is 3.44. The lowest BCUT2D eigenvalue weighted by Gasteiger charge is -2.10. The Kier molecular flexibility index (Phi) is 4.93. The zero-order valence-corrected chi connectivity index (χ0v) is 9.97. The second kappa shape index (κ2) is 5.99. The van der Waals surface area contributed by atoms with Crippen LogP contribution in [0.3, 0.4) is 0 Å². The molecule has 0 aliphatic carbocycles. The van der Waals surface area contributed by atoms with Gasteiger partial charge in [0.15, 0.2) is 6.61 Å². The van der Waals surface area contributed by atoms with Crippen molar-refractivity contribution >= 4 is 11.6 Å². The molecule has 0 radical (unpaired) electrons. The van der Waals surface area contributed by atoms with Gasteiger partial charge in [0.05, 0.1) is 0 Å². The Balaban J connectivity index is 2.86. The van der Waals surface area contributed by atoms with E-state index in [1.165, 1.54) is 0 Å². The summed E-state index contributed by atoms with van der Waals surface area (Å²) in [5.41, 5.74) is 1.62. The van der Waals surface area contributed by atoms with E-state index in [-0.39, 0.29) is 11.8 Å². The number of aromatic nitrogens is 1. The van der Waals surface area contributed by atoms with E-state index in [0.717, 1.165) is 11.3 Å². The topological polar surface area (TPSA) is 22.1 Å². The normalized spacial score (nSPS) is 11.2. The van der Waals surface area contributed by atoms with Crippen LogP contribution in [0.15, 0.2) is 12.1 Å². The third-order valence-corrected chi connectivity index (χ3v) is 2.29. The van der Waals surface area contributed by atoms with Gasteiger partial charge in [-0.05, 0) is 17.5 Å². The van der Waals surface area contributed by atoms with Crippen LogP contribution in [0.5, 0.6) is 5.88 Å². The van der Waals surface area contributed by atoms with E-state index in [0.29, 0.717) is 5.88 Å². The summed E-state index contributed by atoms with van der Waals surface area (Å²) in [5.74, 6) is 0.729. The van der Waals surface area contributed by atoms with Crippen LogP contribution < -0.4 is 4.74 Å². The summed E-state index contributed by atoms with van der Waals surface area (Å²) < 4.78 is 28.8. The molecule has 1 rings (SSSR count). The highest BCUT2D eigenvalue weighted by molar-refractivity contribution is 6.17. The van der Waals surface area contributed by atoms with Crippen molar-refractivity contribution in [2.45, 2.75) is 32.1 Å². The number of halogens is 3. The minimum atomic E-state index is -2.50. The Hall–Kier alpha value is -0.900. The summed E-state index contributed by atoms with van der Waals surface area (Å²) >= 11 is 5.71. The van der Waals surface area contributed by atoms with E-state index >= 15 is 0 Å². The Morgan fingerprint density at radius 1 is 1.38 bits per heavy atom. The lowest BCUT2D eigenvalue weighted by atomic mass is 10.1. The second-order valence-electron chi connectivity index (χ2n) is 3.73. The lowest BCUT2D eigenvalue weighted by Crippen LogP contribution is -2.09. The first-order valence-corrected chi connectivity index (χ1v) is 5.54. The Morgan fingerprint density at radius 2 is 2.06 bits per heavy atom. The van der Waals surface area contributed by atoms with Crippen LogP contribution >= 0.6 is 11.6 Å². The summed E-state index contributed by atoms with van der Waals surface area (Å²) in [5, 5.41) is 0. The molecule has 0 aliphatic heterocycles. The predicted octanol–water partition coefficient (Wildman–Crippen LogP) is 3.59. The van der Waals surface area contributed by atoms with Crippen LogP contribution in [0.4, 0.5) is 8.78 Å². The summed E-state index contributed by atoms with van der Waals surface area (Å²) in [4.78, 5) is 4.14.